The summed E-state index contributed by atoms with van der Waals surface area (Å²) in [6.07, 6.45) is 0. The molecule has 0 spiro atoms. The average Bonchev–Trinajstić information content (AvgIpc) is 2.50. The highest BCUT2D eigenvalue weighted by atomic mass is 19.2. The van der Waals surface area contributed by atoms with Gasteiger partial charge in [0.2, 0.25) is 5.82 Å². The van der Waals surface area contributed by atoms with E-state index in [2.05, 4.69) is 0 Å². The third-order valence-electron chi connectivity index (χ3n) is 2.50. The van der Waals surface area contributed by atoms with Gasteiger partial charge in [-0.05, 0) is 7.85 Å². The van der Waals surface area contributed by atoms with E-state index in [-0.39, 0.29) is 0 Å². The Morgan fingerprint density at radius 1 is 0.364 bits per heavy atom. The first kappa shape index (κ1) is 16.2. The fraction of sp³-hybridized carbons (Fsp3) is 0. The van der Waals surface area contributed by atoms with Crippen LogP contribution in [0.25, 0.3) is 11.1 Å². The van der Waals surface area contributed by atoms with Crippen LogP contribution >= 0.6 is 0 Å². The van der Waals surface area contributed by atoms with Crippen LogP contribution in [0.2, 0.25) is 0 Å². The van der Waals surface area contributed by atoms with Crippen molar-refractivity contribution >= 4 is 13.3 Å². The Morgan fingerprint density at radius 3 is 0.909 bits per heavy atom. The van der Waals surface area contributed by atoms with Crippen molar-refractivity contribution in [2.45, 2.75) is 0 Å². The van der Waals surface area contributed by atoms with Crippen molar-refractivity contribution in [2.75, 3.05) is 0 Å². The number of rotatable bonds is 1. The van der Waals surface area contributed by atoms with Gasteiger partial charge in [-0.1, -0.05) is 0 Å². The Bertz CT molecular complexity index is 675. The van der Waals surface area contributed by atoms with E-state index in [4.69, 9.17) is 0 Å². The monoisotopic (exact) mass is 329 g/mol. The maximum atomic E-state index is 13.7. The lowest BCUT2D eigenvalue weighted by atomic mass is 9.90. The molecule has 0 atom stereocenters. The molecule has 0 nitrogen and oxygen atoms in total. The lowest BCUT2D eigenvalue weighted by Crippen LogP contribution is -2.20. The molecular weight excluding hydrogens is 326 g/mol. The minimum atomic E-state index is -2.57. The van der Waals surface area contributed by atoms with Crippen molar-refractivity contribution < 1.29 is 39.5 Å². The van der Waals surface area contributed by atoms with Gasteiger partial charge < -0.3 is 0 Å². The maximum Gasteiger partial charge on any atom is 0.200 e. The Hall–Kier alpha value is -2.13. The van der Waals surface area contributed by atoms with Gasteiger partial charge in [0.1, 0.15) is 11.6 Å². The van der Waals surface area contributed by atoms with Crippen LogP contribution in [0.15, 0.2) is 0 Å². The first-order valence-electron chi connectivity index (χ1n) is 4.95. The Labute approximate surface area is 117 Å². The van der Waals surface area contributed by atoms with E-state index in [9.17, 15) is 39.5 Å². The summed E-state index contributed by atoms with van der Waals surface area (Å²) >= 11 is 0. The van der Waals surface area contributed by atoms with Crippen LogP contribution in [-0.2, 0) is 0 Å². The van der Waals surface area contributed by atoms with Crippen LogP contribution in [0.5, 0.6) is 0 Å². The predicted molar refractivity (Wildman–Crippen MR) is 61.1 cm³/mol. The molecule has 0 heterocycles. The molecule has 0 unspecified atom stereocenters. The van der Waals surface area contributed by atoms with Gasteiger partial charge in [-0.2, -0.15) is 0 Å². The standard InChI is InChI=1S/C12H3BF9/c13-3-8(18)4(14)1(5(15)9(3)19)2-6(16)10(20)12(22)11(21)7(2)17/h13H3/q-1. The van der Waals surface area contributed by atoms with E-state index < -0.39 is 76.8 Å². The third kappa shape index (κ3) is 2.05. The molecule has 0 aliphatic heterocycles. The van der Waals surface area contributed by atoms with Gasteiger partial charge in [0.25, 0.3) is 0 Å². The second kappa shape index (κ2) is 5.26. The lowest BCUT2D eigenvalue weighted by Gasteiger charge is -2.14. The molecule has 10 heteroatoms. The van der Waals surface area contributed by atoms with E-state index in [1.165, 1.54) is 0 Å². The van der Waals surface area contributed by atoms with E-state index in [1.807, 2.05) is 0 Å². The van der Waals surface area contributed by atoms with Crippen molar-refractivity contribution in [1.82, 2.24) is 0 Å². The van der Waals surface area contributed by atoms with E-state index in [0.29, 0.717) is 0 Å². The summed E-state index contributed by atoms with van der Waals surface area (Å²) in [5.41, 5.74) is -4.95. The van der Waals surface area contributed by atoms with Gasteiger partial charge in [0.05, 0.1) is 11.1 Å². The van der Waals surface area contributed by atoms with Crippen LogP contribution in [0.1, 0.15) is 0 Å². The second-order valence-corrected chi connectivity index (χ2v) is 3.70. The zero-order valence-electron chi connectivity index (χ0n) is 9.40. The summed E-state index contributed by atoms with van der Waals surface area (Å²) < 4.78 is 120. The summed E-state index contributed by atoms with van der Waals surface area (Å²) in [6, 6.07) is 0. The molecule has 2 aromatic carbocycles. The number of halogens is 9. The molecule has 0 amide bonds. The molecule has 22 heavy (non-hydrogen) atoms. The lowest BCUT2D eigenvalue weighted by molar-refractivity contribution is 0.379. The zero-order valence-corrected chi connectivity index (χ0v) is 9.40. The fourth-order valence-corrected chi connectivity index (χ4v) is 1.57. The van der Waals surface area contributed by atoms with Gasteiger partial charge in [-0.15, -0.1) is 5.46 Å². The van der Waals surface area contributed by atoms with Gasteiger partial charge in [0.15, 0.2) is 34.9 Å². The van der Waals surface area contributed by atoms with Crippen LogP contribution < -0.4 is 5.46 Å². The number of hydrogen-bond donors (Lipinski definition) is 0. The van der Waals surface area contributed by atoms with Gasteiger partial charge in [-0.3, -0.25) is 0 Å². The molecule has 0 N–H and O–H groups in total. The Kier molecular flexibility index (Phi) is 3.88. The quantitative estimate of drug-likeness (QED) is 0.327. The summed E-state index contributed by atoms with van der Waals surface area (Å²) in [6.45, 7) is 0. The molecule has 0 radical (unpaired) electrons. The highest BCUT2D eigenvalue weighted by molar-refractivity contribution is 6.32. The van der Waals surface area contributed by atoms with E-state index in [0.717, 1.165) is 0 Å². The third-order valence-corrected chi connectivity index (χ3v) is 2.50. The average molecular weight is 329 g/mol. The summed E-state index contributed by atoms with van der Waals surface area (Å²) in [5.74, 6) is -21.0. The Balaban J connectivity index is 3.03. The van der Waals surface area contributed by atoms with Gasteiger partial charge in [-0.25, -0.2) is 39.5 Å². The smallest absolute Gasteiger partial charge is 0.200 e. The zero-order chi connectivity index (χ0) is 16.9. The molecule has 0 aromatic heterocycles. The SMILES string of the molecule is [BH3-]c1c(F)c(F)c(-c2c(F)c(F)c(F)c(F)c2F)c(F)c1F. The second-order valence-electron chi connectivity index (χ2n) is 3.70. The van der Waals surface area contributed by atoms with Crippen LogP contribution in [-0.4, -0.2) is 7.85 Å². The Morgan fingerprint density at radius 2 is 0.591 bits per heavy atom. The molecule has 0 saturated carbocycles. The fourth-order valence-electron chi connectivity index (χ4n) is 1.57. The molecule has 0 aliphatic carbocycles. The molecule has 118 valence electrons. The summed E-state index contributed by atoms with van der Waals surface area (Å²) in [7, 11) is -1.40. The van der Waals surface area contributed by atoms with Crippen LogP contribution in [0.3, 0.4) is 0 Å². The van der Waals surface area contributed by atoms with Gasteiger partial charge in [0, 0.05) is 0 Å². The van der Waals surface area contributed by atoms with Crippen LogP contribution in [0.4, 0.5) is 39.5 Å². The maximum absolute atomic E-state index is 13.7. The molecule has 0 bridgehead atoms. The van der Waals surface area contributed by atoms with Crippen molar-refractivity contribution in [3.63, 3.8) is 0 Å². The summed E-state index contributed by atoms with van der Waals surface area (Å²) in [5, 5.41) is 0. The minimum Gasteiger partial charge on any atom is -0.207 e. The molecule has 0 fully saturated rings. The highest BCUT2D eigenvalue weighted by Crippen LogP contribution is 2.35. The van der Waals surface area contributed by atoms with Gasteiger partial charge >= 0.3 is 0 Å². The predicted octanol–water partition coefficient (Wildman–Crippen LogP) is 2.60. The van der Waals surface area contributed by atoms with Crippen molar-refractivity contribution in [2.24, 2.45) is 0 Å². The van der Waals surface area contributed by atoms with Crippen LogP contribution in [0, 0.1) is 52.4 Å². The largest absolute Gasteiger partial charge is 0.207 e. The normalized spacial score (nSPS) is 11.2. The summed E-state index contributed by atoms with van der Waals surface area (Å²) in [4.78, 5) is 0. The number of benzene rings is 2. The topological polar surface area (TPSA) is 0 Å². The molecule has 0 saturated heterocycles. The van der Waals surface area contributed by atoms with Crippen molar-refractivity contribution in [1.29, 1.82) is 0 Å². The first-order valence-corrected chi connectivity index (χ1v) is 4.95. The highest BCUT2D eigenvalue weighted by Gasteiger charge is 2.32. The molecule has 0 aliphatic rings. The van der Waals surface area contributed by atoms with E-state index >= 15 is 0 Å². The minimum absolute atomic E-state index is 0.900. The van der Waals surface area contributed by atoms with E-state index in [1.54, 1.807) is 0 Å². The molecule has 2 aromatic rings. The molecular formula is C12H3BF9-. The van der Waals surface area contributed by atoms with Crippen molar-refractivity contribution in [3.8, 4) is 11.1 Å². The first-order chi connectivity index (χ1) is 10.1. The molecule has 2 rings (SSSR count). The van der Waals surface area contributed by atoms with Crippen molar-refractivity contribution in [3.05, 3.63) is 52.4 Å². The number of hydrogen-bond acceptors (Lipinski definition) is 0.